The van der Waals surface area contributed by atoms with Crippen LogP contribution in [0.1, 0.15) is 24.5 Å². The van der Waals surface area contributed by atoms with Gasteiger partial charge in [0.1, 0.15) is 11.0 Å². The van der Waals surface area contributed by atoms with Gasteiger partial charge in [0.15, 0.2) is 5.65 Å². The second-order valence-corrected chi connectivity index (χ2v) is 7.57. The molecule has 0 N–H and O–H groups in total. The van der Waals surface area contributed by atoms with Crippen LogP contribution in [0.25, 0.3) is 28.0 Å². The van der Waals surface area contributed by atoms with Gasteiger partial charge in [-0.15, -0.1) is 0 Å². The van der Waals surface area contributed by atoms with Crippen molar-refractivity contribution in [3.05, 3.63) is 76.3 Å². The SMILES string of the molecule is Fc1ccc(-c2cc(Cl)nc3c(-c4ccc(Cl)cc4)c(C4CC4)nn23)cc1. The molecule has 0 aliphatic heterocycles. The Morgan fingerprint density at radius 3 is 2.26 bits per heavy atom. The fourth-order valence-corrected chi connectivity index (χ4v) is 3.68. The summed E-state index contributed by atoms with van der Waals surface area (Å²) < 4.78 is 15.2. The smallest absolute Gasteiger partial charge is 0.165 e. The lowest BCUT2D eigenvalue weighted by atomic mass is 10.0. The Bertz CT molecular complexity index is 1150. The molecule has 0 amide bonds. The molecule has 0 saturated heterocycles. The van der Waals surface area contributed by atoms with Crippen LogP contribution in [0.5, 0.6) is 0 Å². The zero-order valence-electron chi connectivity index (χ0n) is 14.2. The third kappa shape index (κ3) is 2.99. The Labute approximate surface area is 165 Å². The number of aromatic nitrogens is 3. The van der Waals surface area contributed by atoms with Crippen LogP contribution in [0.3, 0.4) is 0 Å². The van der Waals surface area contributed by atoms with E-state index in [-0.39, 0.29) is 5.82 Å². The first kappa shape index (κ1) is 16.7. The summed E-state index contributed by atoms with van der Waals surface area (Å²) in [5.41, 5.74) is 5.34. The summed E-state index contributed by atoms with van der Waals surface area (Å²) in [7, 11) is 0. The van der Waals surface area contributed by atoms with Crippen molar-refractivity contribution in [3.8, 4) is 22.4 Å². The molecule has 0 atom stereocenters. The van der Waals surface area contributed by atoms with Gasteiger partial charge in [-0.25, -0.2) is 13.9 Å². The highest BCUT2D eigenvalue weighted by Gasteiger charge is 2.32. The number of rotatable bonds is 3. The van der Waals surface area contributed by atoms with Gasteiger partial charge < -0.3 is 0 Å². The third-order valence-corrected chi connectivity index (χ3v) is 5.27. The number of halogens is 3. The van der Waals surface area contributed by atoms with E-state index in [1.807, 2.05) is 28.8 Å². The molecule has 1 saturated carbocycles. The predicted octanol–water partition coefficient (Wildman–Crippen LogP) is 6.39. The van der Waals surface area contributed by atoms with E-state index in [9.17, 15) is 4.39 Å². The van der Waals surface area contributed by atoms with E-state index in [4.69, 9.17) is 28.3 Å². The van der Waals surface area contributed by atoms with E-state index in [0.29, 0.717) is 21.7 Å². The second-order valence-electron chi connectivity index (χ2n) is 6.75. The summed E-state index contributed by atoms with van der Waals surface area (Å²) >= 11 is 12.4. The van der Waals surface area contributed by atoms with Crippen LogP contribution >= 0.6 is 23.2 Å². The molecular formula is C21H14Cl2FN3. The van der Waals surface area contributed by atoms with Gasteiger partial charge in [-0.05, 0) is 54.8 Å². The maximum atomic E-state index is 13.4. The molecule has 2 aromatic carbocycles. The van der Waals surface area contributed by atoms with Gasteiger partial charge in [-0.1, -0.05) is 35.3 Å². The van der Waals surface area contributed by atoms with Crippen molar-refractivity contribution in [1.29, 1.82) is 0 Å². The summed E-state index contributed by atoms with van der Waals surface area (Å²) in [5, 5.41) is 5.94. The van der Waals surface area contributed by atoms with Crippen molar-refractivity contribution >= 4 is 28.8 Å². The molecule has 5 rings (SSSR count). The number of nitrogens with zero attached hydrogens (tertiary/aromatic N) is 3. The molecule has 4 aromatic rings. The molecule has 6 heteroatoms. The zero-order valence-corrected chi connectivity index (χ0v) is 15.7. The quantitative estimate of drug-likeness (QED) is 0.375. The minimum Gasteiger partial charge on any atom is -0.216 e. The second kappa shape index (κ2) is 6.32. The molecule has 1 aliphatic rings. The van der Waals surface area contributed by atoms with Crippen LogP contribution in [-0.4, -0.2) is 14.6 Å². The molecule has 3 nitrogen and oxygen atoms in total. The number of fused-ring (bicyclic) bond motifs is 1. The minimum absolute atomic E-state index is 0.281. The van der Waals surface area contributed by atoms with E-state index in [0.717, 1.165) is 40.9 Å². The molecule has 2 aromatic heterocycles. The van der Waals surface area contributed by atoms with Crippen LogP contribution in [0.4, 0.5) is 4.39 Å². The van der Waals surface area contributed by atoms with Crippen molar-refractivity contribution in [2.75, 3.05) is 0 Å². The Morgan fingerprint density at radius 1 is 0.926 bits per heavy atom. The highest BCUT2D eigenvalue weighted by atomic mass is 35.5. The monoisotopic (exact) mass is 397 g/mol. The van der Waals surface area contributed by atoms with Gasteiger partial charge in [-0.3, -0.25) is 0 Å². The van der Waals surface area contributed by atoms with E-state index in [2.05, 4.69) is 4.98 Å². The van der Waals surface area contributed by atoms with Crippen LogP contribution in [-0.2, 0) is 0 Å². The number of hydrogen-bond acceptors (Lipinski definition) is 2. The summed E-state index contributed by atoms with van der Waals surface area (Å²) in [4.78, 5) is 4.57. The minimum atomic E-state index is -0.281. The molecular weight excluding hydrogens is 384 g/mol. The van der Waals surface area contributed by atoms with Gasteiger partial charge in [0, 0.05) is 22.6 Å². The lowest BCUT2D eigenvalue weighted by molar-refractivity contribution is 0.628. The summed E-state index contributed by atoms with van der Waals surface area (Å²) in [6.45, 7) is 0. The van der Waals surface area contributed by atoms with Crippen molar-refractivity contribution < 1.29 is 4.39 Å². The molecule has 134 valence electrons. The average Bonchev–Trinajstić information content (AvgIpc) is 3.44. The Hall–Kier alpha value is -2.43. The summed E-state index contributed by atoms with van der Waals surface area (Å²) in [6.07, 6.45) is 2.23. The lowest BCUT2D eigenvalue weighted by Gasteiger charge is -2.07. The standard InChI is InChI=1S/C21H14Cl2FN3/c22-15-7-3-13(4-8-15)19-20(14-1-2-14)26-27-17(11-18(23)25-21(19)27)12-5-9-16(24)10-6-12/h3-11,14H,1-2H2. The molecule has 1 fully saturated rings. The molecule has 0 unspecified atom stereocenters. The molecule has 0 spiro atoms. The summed E-state index contributed by atoms with van der Waals surface area (Å²) in [5.74, 6) is 0.147. The molecule has 2 heterocycles. The van der Waals surface area contributed by atoms with Crippen molar-refractivity contribution in [2.24, 2.45) is 0 Å². The highest BCUT2D eigenvalue weighted by Crippen LogP contribution is 2.45. The first-order chi connectivity index (χ1) is 13.1. The molecule has 0 radical (unpaired) electrons. The Kier molecular flexibility index (Phi) is 3.92. The first-order valence-corrected chi connectivity index (χ1v) is 9.47. The van der Waals surface area contributed by atoms with Crippen LogP contribution in [0.2, 0.25) is 10.2 Å². The maximum absolute atomic E-state index is 13.4. The lowest BCUT2D eigenvalue weighted by Crippen LogP contribution is -1.97. The molecule has 27 heavy (non-hydrogen) atoms. The first-order valence-electron chi connectivity index (χ1n) is 8.71. The zero-order chi connectivity index (χ0) is 18.5. The largest absolute Gasteiger partial charge is 0.216 e. The topological polar surface area (TPSA) is 30.2 Å². The van der Waals surface area contributed by atoms with E-state index < -0.39 is 0 Å². The average molecular weight is 398 g/mol. The predicted molar refractivity (Wildman–Crippen MR) is 106 cm³/mol. The van der Waals surface area contributed by atoms with E-state index >= 15 is 0 Å². The molecule has 0 bridgehead atoms. The molecule has 1 aliphatic carbocycles. The van der Waals surface area contributed by atoms with Crippen LogP contribution in [0.15, 0.2) is 54.6 Å². The van der Waals surface area contributed by atoms with E-state index in [1.54, 1.807) is 18.2 Å². The van der Waals surface area contributed by atoms with Crippen LogP contribution in [0, 0.1) is 5.82 Å². The van der Waals surface area contributed by atoms with Crippen molar-refractivity contribution in [1.82, 2.24) is 14.6 Å². The fourth-order valence-electron chi connectivity index (χ4n) is 3.37. The van der Waals surface area contributed by atoms with Gasteiger partial charge in [0.05, 0.1) is 17.0 Å². The third-order valence-electron chi connectivity index (χ3n) is 4.82. The van der Waals surface area contributed by atoms with Gasteiger partial charge in [0.2, 0.25) is 0 Å². The summed E-state index contributed by atoms with van der Waals surface area (Å²) in [6, 6.07) is 15.8. The Morgan fingerprint density at radius 2 is 1.59 bits per heavy atom. The number of hydrogen-bond donors (Lipinski definition) is 0. The normalized spacial score (nSPS) is 14.0. The maximum Gasteiger partial charge on any atom is 0.165 e. The van der Waals surface area contributed by atoms with Gasteiger partial charge >= 0.3 is 0 Å². The van der Waals surface area contributed by atoms with Gasteiger partial charge in [-0.2, -0.15) is 5.10 Å². The van der Waals surface area contributed by atoms with Crippen LogP contribution < -0.4 is 0 Å². The van der Waals surface area contributed by atoms with Crippen molar-refractivity contribution in [3.63, 3.8) is 0 Å². The number of benzene rings is 2. The fraction of sp³-hybridized carbons (Fsp3) is 0.143. The van der Waals surface area contributed by atoms with E-state index in [1.165, 1.54) is 12.1 Å². The highest BCUT2D eigenvalue weighted by molar-refractivity contribution is 6.30. The Balaban J connectivity index is 1.81. The van der Waals surface area contributed by atoms with Gasteiger partial charge in [0.25, 0.3) is 0 Å². The van der Waals surface area contributed by atoms with Crippen molar-refractivity contribution in [2.45, 2.75) is 18.8 Å².